The summed E-state index contributed by atoms with van der Waals surface area (Å²) in [4.78, 5) is 4.07. The molecular formula is C10H11N3. The van der Waals surface area contributed by atoms with Crippen molar-refractivity contribution >= 4 is 0 Å². The summed E-state index contributed by atoms with van der Waals surface area (Å²) in [7, 11) is 0. The highest BCUT2D eigenvalue weighted by molar-refractivity contribution is 5.27. The van der Waals surface area contributed by atoms with Gasteiger partial charge in [-0.25, -0.2) is 0 Å². The average Bonchev–Trinajstić information content (AvgIpc) is 2.18. The quantitative estimate of drug-likeness (QED) is 0.705. The smallest absolute Gasteiger partial charge is 0.101 e. The minimum atomic E-state index is -0.120. The molecule has 0 radical (unpaired) electrons. The SMILES string of the molecule is C=CC[C@H](N)c1ccc(C#N)cn1. The molecule has 0 amide bonds. The Kier molecular flexibility index (Phi) is 3.18. The second kappa shape index (κ2) is 4.39. The molecule has 0 bridgehead atoms. The largest absolute Gasteiger partial charge is 0.322 e. The van der Waals surface area contributed by atoms with E-state index in [-0.39, 0.29) is 6.04 Å². The van der Waals surface area contributed by atoms with Gasteiger partial charge in [0.2, 0.25) is 0 Å². The first-order valence-corrected chi connectivity index (χ1v) is 4.00. The first kappa shape index (κ1) is 9.43. The zero-order valence-electron chi connectivity index (χ0n) is 7.27. The lowest BCUT2D eigenvalue weighted by Gasteiger charge is -2.07. The molecule has 1 aromatic heterocycles. The normalized spacial score (nSPS) is 11.7. The molecule has 1 rings (SSSR count). The summed E-state index contributed by atoms with van der Waals surface area (Å²) in [6.07, 6.45) is 3.97. The van der Waals surface area contributed by atoms with E-state index >= 15 is 0 Å². The van der Waals surface area contributed by atoms with Gasteiger partial charge in [-0.15, -0.1) is 6.58 Å². The predicted molar refractivity (Wildman–Crippen MR) is 50.7 cm³/mol. The highest BCUT2D eigenvalue weighted by atomic mass is 14.8. The van der Waals surface area contributed by atoms with Crippen LogP contribution in [0.1, 0.15) is 23.7 Å². The Hall–Kier alpha value is -1.66. The maximum Gasteiger partial charge on any atom is 0.101 e. The van der Waals surface area contributed by atoms with Crippen LogP contribution in [0.4, 0.5) is 0 Å². The number of aromatic nitrogens is 1. The van der Waals surface area contributed by atoms with Crippen molar-refractivity contribution in [2.75, 3.05) is 0 Å². The zero-order valence-corrected chi connectivity index (χ0v) is 7.27. The molecule has 0 saturated carbocycles. The lowest BCUT2D eigenvalue weighted by Crippen LogP contribution is -2.10. The molecule has 1 aromatic rings. The summed E-state index contributed by atoms with van der Waals surface area (Å²) >= 11 is 0. The third kappa shape index (κ3) is 2.39. The van der Waals surface area contributed by atoms with E-state index in [0.29, 0.717) is 12.0 Å². The van der Waals surface area contributed by atoms with E-state index in [1.165, 1.54) is 6.20 Å². The molecule has 0 spiro atoms. The van der Waals surface area contributed by atoms with Crippen molar-refractivity contribution in [3.8, 4) is 6.07 Å². The Balaban J connectivity index is 2.80. The van der Waals surface area contributed by atoms with Crippen LogP contribution in [0.25, 0.3) is 0 Å². The maximum absolute atomic E-state index is 8.53. The summed E-state index contributed by atoms with van der Waals surface area (Å²) in [6, 6.07) is 5.37. The van der Waals surface area contributed by atoms with Gasteiger partial charge < -0.3 is 5.73 Å². The van der Waals surface area contributed by atoms with Gasteiger partial charge in [0.25, 0.3) is 0 Å². The number of nitriles is 1. The molecule has 0 saturated heterocycles. The molecule has 13 heavy (non-hydrogen) atoms. The molecule has 0 unspecified atom stereocenters. The van der Waals surface area contributed by atoms with Crippen molar-refractivity contribution in [3.05, 3.63) is 42.2 Å². The van der Waals surface area contributed by atoms with E-state index in [0.717, 1.165) is 5.69 Å². The number of hydrogen-bond donors (Lipinski definition) is 1. The van der Waals surface area contributed by atoms with Crippen LogP contribution in [-0.2, 0) is 0 Å². The van der Waals surface area contributed by atoms with Crippen LogP contribution in [0.5, 0.6) is 0 Å². The van der Waals surface area contributed by atoms with Crippen molar-refractivity contribution in [2.24, 2.45) is 5.73 Å². The van der Waals surface area contributed by atoms with Crippen molar-refractivity contribution < 1.29 is 0 Å². The topological polar surface area (TPSA) is 62.7 Å². The summed E-state index contributed by atoms with van der Waals surface area (Å²) < 4.78 is 0. The lowest BCUT2D eigenvalue weighted by atomic mass is 10.1. The minimum Gasteiger partial charge on any atom is -0.322 e. The summed E-state index contributed by atoms with van der Waals surface area (Å²) in [5.41, 5.74) is 7.12. The molecule has 0 aromatic carbocycles. The predicted octanol–water partition coefficient (Wildman–Crippen LogP) is 1.53. The van der Waals surface area contributed by atoms with Gasteiger partial charge in [0, 0.05) is 6.20 Å². The van der Waals surface area contributed by atoms with E-state index in [4.69, 9.17) is 11.0 Å². The van der Waals surface area contributed by atoms with Gasteiger partial charge in [-0.2, -0.15) is 5.26 Å². The molecular weight excluding hydrogens is 162 g/mol. The van der Waals surface area contributed by atoms with Gasteiger partial charge >= 0.3 is 0 Å². The van der Waals surface area contributed by atoms with Gasteiger partial charge in [0.15, 0.2) is 0 Å². The van der Waals surface area contributed by atoms with Crippen molar-refractivity contribution in [2.45, 2.75) is 12.5 Å². The highest BCUT2D eigenvalue weighted by Gasteiger charge is 2.04. The molecule has 3 nitrogen and oxygen atoms in total. The fourth-order valence-electron chi connectivity index (χ4n) is 0.991. The fourth-order valence-corrected chi connectivity index (χ4v) is 0.991. The fraction of sp³-hybridized carbons (Fsp3) is 0.200. The molecule has 1 atom stereocenters. The van der Waals surface area contributed by atoms with Crippen LogP contribution in [-0.4, -0.2) is 4.98 Å². The Morgan fingerprint density at radius 3 is 2.92 bits per heavy atom. The summed E-state index contributed by atoms with van der Waals surface area (Å²) in [6.45, 7) is 3.60. The van der Waals surface area contributed by atoms with Gasteiger partial charge in [-0.3, -0.25) is 4.98 Å². The molecule has 0 fully saturated rings. The molecule has 0 aliphatic carbocycles. The van der Waals surface area contributed by atoms with Crippen LogP contribution in [0, 0.1) is 11.3 Å². The van der Waals surface area contributed by atoms with E-state index in [2.05, 4.69) is 11.6 Å². The first-order valence-electron chi connectivity index (χ1n) is 4.00. The van der Waals surface area contributed by atoms with Crippen molar-refractivity contribution in [1.82, 2.24) is 4.98 Å². The first-order chi connectivity index (χ1) is 6.27. The number of hydrogen-bond acceptors (Lipinski definition) is 3. The van der Waals surface area contributed by atoms with E-state index in [1.54, 1.807) is 18.2 Å². The molecule has 0 aliphatic heterocycles. The maximum atomic E-state index is 8.53. The third-order valence-electron chi connectivity index (χ3n) is 1.72. The van der Waals surface area contributed by atoms with Crippen LogP contribution in [0.15, 0.2) is 31.0 Å². The lowest BCUT2D eigenvalue weighted by molar-refractivity contribution is 0.713. The second-order valence-electron chi connectivity index (χ2n) is 2.71. The van der Waals surface area contributed by atoms with Gasteiger partial charge in [0.05, 0.1) is 17.3 Å². The third-order valence-corrected chi connectivity index (χ3v) is 1.72. The second-order valence-corrected chi connectivity index (χ2v) is 2.71. The Morgan fingerprint density at radius 1 is 1.69 bits per heavy atom. The number of nitrogens with two attached hydrogens (primary N) is 1. The standard InChI is InChI=1S/C10H11N3/c1-2-3-9(12)10-5-4-8(6-11)7-13-10/h2,4-5,7,9H,1,3,12H2/t9-/m0/s1. The number of rotatable bonds is 3. The molecule has 1 heterocycles. The summed E-state index contributed by atoms with van der Waals surface area (Å²) in [5.74, 6) is 0. The molecule has 66 valence electrons. The van der Waals surface area contributed by atoms with Crippen molar-refractivity contribution in [3.63, 3.8) is 0 Å². The van der Waals surface area contributed by atoms with E-state index in [9.17, 15) is 0 Å². The Labute approximate surface area is 77.5 Å². The van der Waals surface area contributed by atoms with Crippen LogP contribution < -0.4 is 5.73 Å². The Morgan fingerprint density at radius 2 is 2.46 bits per heavy atom. The Bertz CT molecular complexity index is 321. The number of nitrogens with zero attached hydrogens (tertiary/aromatic N) is 2. The van der Waals surface area contributed by atoms with Gasteiger partial charge in [-0.05, 0) is 18.6 Å². The molecule has 0 aliphatic rings. The van der Waals surface area contributed by atoms with Gasteiger partial charge in [-0.1, -0.05) is 6.08 Å². The monoisotopic (exact) mass is 173 g/mol. The van der Waals surface area contributed by atoms with Gasteiger partial charge in [0.1, 0.15) is 6.07 Å². The summed E-state index contributed by atoms with van der Waals surface area (Å²) in [5, 5.41) is 8.53. The zero-order chi connectivity index (χ0) is 9.68. The molecule has 2 N–H and O–H groups in total. The number of pyridine rings is 1. The van der Waals surface area contributed by atoms with Crippen LogP contribution in [0.3, 0.4) is 0 Å². The molecule has 3 heteroatoms. The van der Waals surface area contributed by atoms with E-state index in [1.807, 2.05) is 6.07 Å². The van der Waals surface area contributed by atoms with Crippen molar-refractivity contribution in [1.29, 1.82) is 5.26 Å². The van der Waals surface area contributed by atoms with E-state index < -0.39 is 0 Å². The average molecular weight is 173 g/mol. The van der Waals surface area contributed by atoms with Crippen LogP contribution >= 0.6 is 0 Å². The highest BCUT2D eigenvalue weighted by Crippen LogP contribution is 2.11. The van der Waals surface area contributed by atoms with Crippen LogP contribution in [0.2, 0.25) is 0 Å². The minimum absolute atomic E-state index is 0.120.